The van der Waals surface area contributed by atoms with Crippen molar-refractivity contribution in [1.29, 1.82) is 0 Å². The normalized spacial score (nSPS) is 25.6. The number of hydrogen-bond donors (Lipinski definition) is 4. The summed E-state index contributed by atoms with van der Waals surface area (Å²) in [6, 6.07) is 3.81. The summed E-state index contributed by atoms with van der Waals surface area (Å²) in [6.45, 7) is 0. The third-order valence-electron chi connectivity index (χ3n) is 4.15. The molecule has 23 heavy (non-hydrogen) atoms. The van der Waals surface area contributed by atoms with E-state index in [0.29, 0.717) is 23.2 Å². The molecule has 5 N–H and O–H groups in total. The van der Waals surface area contributed by atoms with Crippen LogP contribution in [0.1, 0.15) is 25.7 Å². The number of unbranched alkanes of at least 4 members (excludes halogenated alkanes) is 1. The Morgan fingerprint density at radius 2 is 2.30 bits per heavy atom. The number of nitrogen functional groups attached to an aromatic ring is 1. The van der Waals surface area contributed by atoms with Gasteiger partial charge in [0, 0.05) is 35.4 Å². The number of anilines is 2. The van der Waals surface area contributed by atoms with Crippen LogP contribution in [0.5, 0.6) is 0 Å². The van der Waals surface area contributed by atoms with Crippen molar-refractivity contribution in [2.75, 3.05) is 16.8 Å². The Morgan fingerprint density at radius 1 is 1.43 bits per heavy atom. The largest absolute Gasteiger partial charge is 0.384 e. The number of hydrogen-bond acceptors (Lipinski definition) is 5. The van der Waals surface area contributed by atoms with Crippen LogP contribution >= 0.6 is 11.8 Å². The first-order chi connectivity index (χ1) is 11.1. The highest BCUT2D eigenvalue weighted by Crippen LogP contribution is 2.33. The summed E-state index contributed by atoms with van der Waals surface area (Å²) in [5.74, 6) is 1.35. The molecule has 0 aliphatic carbocycles. The molecule has 0 radical (unpaired) electrons. The van der Waals surface area contributed by atoms with E-state index in [2.05, 4.69) is 20.9 Å². The molecule has 0 spiro atoms. The van der Waals surface area contributed by atoms with Gasteiger partial charge in [-0.25, -0.2) is 9.78 Å². The average molecular weight is 335 g/mol. The van der Waals surface area contributed by atoms with Gasteiger partial charge in [-0.3, -0.25) is 4.79 Å². The summed E-state index contributed by atoms with van der Waals surface area (Å²) in [5, 5.41) is 9.19. The molecule has 0 aromatic carbocycles. The van der Waals surface area contributed by atoms with E-state index in [9.17, 15) is 9.59 Å². The molecular weight excluding hydrogens is 314 g/mol. The van der Waals surface area contributed by atoms with Crippen molar-refractivity contribution < 1.29 is 9.59 Å². The van der Waals surface area contributed by atoms with Crippen LogP contribution < -0.4 is 21.7 Å². The number of nitrogens with one attached hydrogen (secondary N) is 3. The zero-order chi connectivity index (χ0) is 16.2. The van der Waals surface area contributed by atoms with Gasteiger partial charge in [0.15, 0.2) is 0 Å². The van der Waals surface area contributed by atoms with Crippen molar-refractivity contribution in [3.8, 4) is 0 Å². The molecule has 2 aliphatic heterocycles. The van der Waals surface area contributed by atoms with Gasteiger partial charge >= 0.3 is 6.03 Å². The molecule has 3 rings (SSSR count). The van der Waals surface area contributed by atoms with Crippen LogP contribution in [0.3, 0.4) is 0 Å². The maximum absolute atomic E-state index is 11.9. The monoisotopic (exact) mass is 335 g/mol. The Morgan fingerprint density at radius 3 is 3.13 bits per heavy atom. The van der Waals surface area contributed by atoms with Crippen molar-refractivity contribution in [2.45, 2.75) is 43.0 Å². The number of nitrogens with two attached hydrogens (primary N) is 1. The second kappa shape index (κ2) is 7.08. The number of thioether (sulfide) groups is 1. The van der Waals surface area contributed by atoms with E-state index in [1.54, 1.807) is 18.3 Å². The van der Waals surface area contributed by atoms with E-state index in [1.807, 2.05) is 11.8 Å². The summed E-state index contributed by atoms with van der Waals surface area (Å²) in [6.07, 6.45) is 4.88. The van der Waals surface area contributed by atoms with E-state index in [1.165, 1.54) is 0 Å². The maximum atomic E-state index is 11.9. The maximum Gasteiger partial charge on any atom is 0.315 e. The fourth-order valence-electron chi connectivity index (χ4n) is 3.02. The predicted molar refractivity (Wildman–Crippen MR) is 91.2 cm³/mol. The van der Waals surface area contributed by atoms with Gasteiger partial charge in [-0.2, -0.15) is 11.8 Å². The first-order valence-electron chi connectivity index (χ1n) is 7.82. The molecule has 124 valence electrons. The van der Waals surface area contributed by atoms with Gasteiger partial charge in [-0.1, -0.05) is 6.42 Å². The number of urea groups is 1. The molecular formula is C15H21N5O2S. The molecule has 0 saturated carbocycles. The quantitative estimate of drug-likeness (QED) is 0.463. The standard InChI is InChI=1S/C15H21N5O2S/c16-12-7-9(5-6-17-12)18-13(21)4-2-1-3-11-14-10(8-23-11)19-15(22)20-14/h5-7,10-11,14H,1-4,8H2,(H2,19,20,22)(H3,16,17,18,21)/t10-,11-,14-/m0/s1. The van der Waals surface area contributed by atoms with Gasteiger partial charge in [0.2, 0.25) is 5.91 Å². The van der Waals surface area contributed by atoms with Gasteiger partial charge in [0.1, 0.15) is 5.82 Å². The van der Waals surface area contributed by atoms with Crippen molar-refractivity contribution in [1.82, 2.24) is 15.6 Å². The molecule has 2 fully saturated rings. The molecule has 3 amide bonds. The van der Waals surface area contributed by atoms with E-state index in [0.717, 1.165) is 25.0 Å². The lowest BCUT2D eigenvalue weighted by Gasteiger charge is -2.16. The van der Waals surface area contributed by atoms with E-state index < -0.39 is 0 Å². The number of aromatic nitrogens is 1. The molecule has 0 unspecified atom stereocenters. The van der Waals surface area contributed by atoms with Crippen molar-refractivity contribution in [2.24, 2.45) is 0 Å². The van der Waals surface area contributed by atoms with Gasteiger partial charge in [0.05, 0.1) is 12.1 Å². The fourth-order valence-corrected chi connectivity index (χ4v) is 4.57. The van der Waals surface area contributed by atoms with Crippen LogP contribution in [0.4, 0.5) is 16.3 Å². The minimum atomic E-state index is -0.0544. The summed E-state index contributed by atoms with van der Waals surface area (Å²) >= 11 is 1.90. The molecule has 1 aromatic heterocycles. The lowest BCUT2D eigenvalue weighted by atomic mass is 10.0. The van der Waals surface area contributed by atoms with Gasteiger partial charge < -0.3 is 21.7 Å². The molecule has 3 atom stereocenters. The van der Waals surface area contributed by atoms with E-state index in [-0.39, 0.29) is 24.0 Å². The summed E-state index contributed by atoms with van der Waals surface area (Å²) in [5.41, 5.74) is 6.26. The molecule has 2 saturated heterocycles. The second-order valence-electron chi connectivity index (χ2n) is 5.89. The van der Waals surface area contributed by atoms with Crippen molar-refractivity contribution in [3.63, 3.8) is 0 Å². The lowest BCUT2D eigenvalue weighted by Crippen LogP contribution is -2.36. The minimum Gasteiger partial charge on any atom is -0.384 e. The topological polar surface area (TPSA) is 109 Å². The third kappa shape index (κ3) is 4.07. The highest BCUT2D eigenvalue weighted by molar-refractivity contribution is 8.00. The number of pyridine rings is 1. The van der Waals surface area contributed by atoms with Crippen LogP contribution in [0.2, 0.25) is 0 Å². The lowest BCUT2D eigenvalue weighted by molar-refractivity contribution is -0.116. The van der Waals surface area contributed by atoms with E-state index in [4.69, 9.17) is 5.73 Å². The SMILES string of the molecule is Nc1cc(NC(=O)CCCC[C@@H]2SC[C@@H]3NC(=O)N[C@@H]32)ccn1. The first kappa shape index (κ1) is 15.9. The van der Waals surface area contributed by atoms with Crippen molar-refractivity contribution in [3.05, 3.63) is 18.3 Å². The third-order valence-corrected chi connectivity index (χ3v) is 5.65. The summed E-state index contributed by atoms with van der Waals surface area (Å²) in [7, 11) is 0. The van der Waals surface area contributed by atoms with Gasteiger partial charge in [-0.15, -0.1) is 0 Å². The van der Waals surface area contributed by atoms with Crippen molar-refractivity contribution >= 4 is 35.2 Å². The number of amides is 3. The zero-order valence-electron chi connectivity index (χ0n) is 12.7. The van der Waals surface area contributed by atoms with Crippen LogP contribution in [0, 0.1) is 0 Å². The Bertz CT molecular complexity index is 597. The summed E-state index contributed by atoms with van der Waals surface area (Å²) in [4.78, 5) is 27.1. The minimum absolute atomic E-state index is 0.0108. The number of nitrogens with zero attached hydrogens (tertiary/aromatic N) is 1. The highest BCUT2D eigenvalue weighted by Gasteiger charge is 2.42. The van der Waals surface area contributed by atoms with Gasteiger partial charge in [0.25, 0.3) is 0 Å². The molecule has 2 aliphatic rings. The molecule has 8 heteroatoms. The number of carbonyl (C=O) groups excluding carboxylic acids is 2. The molecule has 7 nitrogen and oxygen atoms in total. The molecule has 3 heterocycles. The highest BCUT2D eigenvalue weighted by atomic mass is 32.2. The smallest absolute Gasteiger partial charge is 0.315 e. The van der Waals surface area contributed by atoms with Crippen LogP contribution in [0.15, 0.2) is 18.3 Å². The Balaban J connectivity index is 1.35. The summed E-state index contributed by atoms with van der Waals surface area (Å²) < 4.78 is 0. The average Bonchev–Trinajstić information content (AvgIpc) is 3.03. The molecule has 1 aromatic rings. The second-order valence-corrected chi connectivity index (χ2v) is 7.16. The number of rotatable bonds is 6. The fraction of sp³-hybridized carbons (Fsp3) is 0.533. The molecule has 0 bridgehead atoms. The number of carbonyl (C=O) groups is 2. The van der Waals surface area contributed by atoms with Crippen LogP contribution in [-0.4, -0.2) is 40.0 Å². The number of fused-ring (bicyclic) bond motifs is 1. The first-order valence-corrected chi connectivity index (χ1v) is 8.87. The Labute approximate surface area is 139 Å². The van der Waals surface area contributed by atoms with Gasteiger partial charge in [-0.05, 0) is 18.9 Å². The van der Waals surface area contributed by atoms with Crippen LogP contribution in [-0.2, 0) is 4.79 Å². The van der Waals surface area contributed by atoms with Crippen LogP contribution in [0.25, 0.3) is 0 Å². The van der Waals surface area contributed by atoms with E-state index >= 15 is 0 Å². The Kier molecular flexibility index (Phi) is 4.90. The zero-order valence-corrected chi connectivity index (χ0v) is 13.6. The Hall–Kier alpha value is -1.96. The predicted octanol–water partition coefficient (Wildman–Crippen LogP) is 1.33.